The van der Waals surface area contributed by atoms with Gasteiger partial charge in [0.1, 0.15) is 11.6 Å². The SMILES string of the molecule is Fc1cc(Br)ccc1CCCOCCCc1ccc(Br)cc1F. The monoisotopic (exact) mass is 446 g/mol. The molecule has 23 heavy (non-hydrogen) atoms. The molecule has 0 heterocycles. The van der Waals surface area contributed by atoms with Gasteiger partial charge in [0.2, 0.25) is 0 Å². The maximum atomic E-state index is 13.6. The molecule has 0 aliphatic rings. The largest absolute Gasteiger partial charge is 0.381 e. The van der Waals surface area contributed by atoms with Gasteiger partial charge in [0.15, 0.2) is 0 Å². The second-order valence-electron chi connectivity index (χ2n) is 5.29. The van der Waals surface area contributed by atoms with Crippen LogP contribution in [0.15, 0.2) is 45.3 Å². The molecule has 2 aromatic rings. The van der Waals surface area contributed by atoms with Crippen molar-refractivity contribution in [3.05, 3.63) is 68.1 Å². The Bertz CT molecular complexity index is 591. The quantitative estimate of drug-likeness (QED) is 0.446. The van der Waals surface area contributed by atoms with Gasteiger partial charge < -0.3 is 4.74 Å². The van der Waals surface area contributed by atoms with Crippen LogP contribution in [0.2, 0.25) is 0 Å². The topological polar surface area (TPSA) is 9.23 Å². The van der Waals surface area contributed by atoms with E-state index >= 15 is 0 Å². The summed E-state index contributed by atoms with van der Waals surface area (Å²) in [5.74, 6) is -0.379. The van der Waals surface area contributed by atoms with Crippen LogP contribution in [0.3, 0.4) is 0 Å². The van der Waals surface area contributed by atoms with E-state index in [1.807, 2.05) is 12.1 Å². The Balaban J connectivity index is 1.61. The average molecular weight is 448 g/mol. The van der Waals surface area contributed by atoms with E-state index in [-0.39, 0.29) is 11.6 Å². The highest BCUT2D eigenvalue weighted by molar-refractivity contribution is 9.10. The number of halogens is 4. The van der Waals surface area contributed by atoms with Gasteiger partial charge in [-0.3, -0.25) is 0 Å². The smallest absolute Gasteiger partial charge is 0.127 e. The number of aryl methyl sites for hydroxylation is 2. The fraction of sp³-hybridized carbons (Fsp3) is 0.333. The molecule has 0 bridgehead atoms. The Morgan fingerprint density at radius 3 is 1.57 bits per heavy atom. The van der Waals surface area contributed by atoms with Crippen LogP contribution in [0.25, 0.3) is 0 Å². The molecule has 5 heteroatoms. The van der Waals surface area contributed by atoms with Crippen molar-refractivity contribution in [2.75, 3.05) is 13.2 Å². The lowest BCUT2D eigenvalue weighted by molar-refractivity contribution is 0.129. The molecule has 0 fully saturated rings. The van der Waals surface area contributed by atoms with Gasteiger partial charge in [-0.15, -0.1) is 0 Å². The van der Waals surface area contributed by atoms with Crippen LogP contribution in [0.4, 0.5) is 8.78 Å². The lowest BCUT2D eigenvalue weighted by atomic mass is 10.1. The molecule has 0 atom stereocenters. The van der Waals surface area contributed by atoms with E-state index in [9.17, 15) is 8.78 Å². The average Bonchev–Trinajstić information content (AvgIpc) is 2.50. The molecule has 0 N–H and O–H groups in total. The molecule has 0 amide bonds. The molecule has 0 radical (unpaired) electrons. The van der Waals surface area contributed by atoms with E-state index in [0.29, 0.717) is 37.2 Å². The molecule has 2 aromatic carbocycles. The van der Waals surface area contributed by atoms with Crippen LogP contribution < -0.4 is 0 Å². The predicted molar refractivity (Wildman–Crippen MR) is 95.7 cm³/mol. The zero-order valence-electron chi connectivity index (χ0n) is 12.6. The van der Waals surface area contributed by atoms with Gasteiger partial charge in [-0.25, -0.2) is 8.78 Å². The third-order valence-electron chi connectivity index (χ3n) is 3.50. The molecule has 0 aromatic heterocycles. The first kappa shape index (κ1) is 18.6. The van der Waals surface area contributed by atoms with Crippen molar-refractivity contribution in [1.29, 1.82) is 0 Å². The number of rotatable bonds is 8. The predicted octanol–water partition coefficient (Wildman–Crippen LogP) is 6.07. The summed E-state index contributed by atoms with van der Waals surface area (Å²) in [7, 11) is 0. The first-order valence-corrected chi connectivity index (χ1v) is 9.10. The molecule has 0 unspecified atom stereocenters. The van der Waals surface area contributed by atoms with Gasteiger partial charge in [0.25, 0.3) is 0 Å². The van der Waals surface area contributed by atoms with Gasteiger partial charge in [0, 0.05) is 22.2 Å². The minimum Gasteiger partial charge on any atom is -0.381 e. The summed E-state index contributed by atoms with van der Waals surface area (Å²) in [6, 6.07) is 10.2. The van der Waals surface area contributed by atoms with Crippen molar-refractivity contribution in [2.24, 2.45) is 0 Å². The van der Waals surface area contributed by atoms with E-state index in [1.54, 1.807) is 12.1 Å². The van der Waals surface area contributed by atoms with E-state index in [2.05, 4.69) is 31.9 Å². The normalized spacial score (nSPS) is 11.0. The highest BCUT2D eigenvalue weighted by atomic mass is 79.9. The Kier molecular flexibility index (Phi) is 7.66. The molecule has 0 aliphatic heterocycles. The van der Waals surface area contributed by atoms with Crippen LogP contribution >= 0.6 is 31.9 Å². The van der Waals surface area contributed by atoms with E-state index in [0.717, 1.165) is 21.8 Å². The molecule has 0 spiro atoms. The maximum absolute atomic E-state index is 13.6. The second-order valence-corrected chi connectivity index (χ2v) is 7.12. The van der Waals surface area contributed by atoms with Crippen molar-refractivity contribution >= 4 is 31.9 Å². The fourth-order valence-corrected chi connectivity index (χ4v) is 2.95. The number of benzene rings is 2. The molecule has 0 saturated carbocycles. The van der Waals surface area contributed by atoms with E-state index in [1.165, 1.54) is 12.1 Å². The molecule has 1 nitrogen and oxygen atoms in total. The summed E-state index contributed by atoms with van der Waals surface area (Å²) < 4.78 is 34.3. The van der Waals surface area contributed by atoms with Crippen molar-refractivity contribution in [3.63, 3.8) is 0 Å². The number of hydrogen-bond donors (Lipinski definition) is 0. The highest BCUT2D eigenvalue weighted by Gasteiger charge is 2.04. The van der Waals surface area contributed by atoms with Crippen LogP contribution in [0, 0.1) is 11.6 Å². The van der Waals surface area contributed by atoms with Gasteiger partial charge >= 0.3 is 0 Å². The first-order valence-electron chi connectivity index (χ1n) is 7.52. The molecule has 0 saturated heterocycles. The third-order valence-corrected chi connectivity index (χ3v) is 4.49. The molecular formula is C18H18Br2F2O. The Hall–Kier alpha value is -0.780. The zero-order valence-corrected chi connectivity index (χ0v) is 15.8. The first-order chi connectivity index (χ1) is 11.1. The van der Waals surface area contributed by atoms with Gasteiger partial charge in [-0.2, -0.15) is 0 Å². The Morgan fingerprint density at radius 1 is 0.739 bits per heavy atom. The number of hydrogen-bond acceptors (Lipinski definition) is 1. The number of ether oxygens (including phenoxy) is 1. The van der Waals surface area contributed by atoms with Crippen molar-refractivity contribution < 1.29 is 13.5 Å². The Morgan fingerprint density at radius 2 is 1.17 bits per heavy atom. The summed E-state index contributed by atoms with van der Waals surface area (Å²) in [5, 5.41) is 0. The summed E-state index contributed by atoms with van der Waals surface area (Å²) in [6.45, 7) is 1.16. The summed E-state index contributed by atoms with van der Waals surface area (Å²) in [4.78, 5) is 0. The maximum Gasteiger partial charge on any atom is 0.127 e. The molecule has 2 rings (SSSR count). The third kappa shape index (κ3) is 6.32. The Labute approximate surface area is 152 Å². The van der Waals surface area contributed by atoms with Crippen molar-refractivity contribution in [3.8, 4) is 0 Å². The van der Waals surface area contributed by atoms with Gasteiger partial charge in [-0.05, 0) is 61.1 Å². The van der Waals surface area contributed by atoms with Crippen LogP contribution in [0.5, 0.6) is 0 Å². The standard InChI is InChI=1S/C18H18Br2F2O/c19-15-7-5-13(17(21)11-15)3-1-9-23-10-2-4-14-6-8-16(20)12-18(14)22/h5-8,11-12H,1-4,9-10H2. The minimum absolute atomic E-state index is 0.190. The lowest BCUT2D eigenvalue weighted by Gasteiger charge is -2.07. The van der Waals surface area contributed by atoms with Gasteiger partial charge in [-0.1, -0.05) is 44.0 Å². The summed E-state index contributed by atoms with van der Waals surface area (Å²) >= 11 is 6.48. The molecule has 124 valence electrons. The lowest BCUT2D eigenvalue weighted by Crippen LogP contribution is -2.02. The van der Waals surface area contributed by atoms with E-state index in [4.69, 9.17) is 4.74 Å². The van der Waals surface area contributed by atoms with Crippen LogP contribution in [0.1, 0.15) is 24.0 Å². The minimum atomic E-state index is -0.190. The zero-order chi connectivity index (χ0) is 16.7. The van der Waals surface area contributed by atoms with Gasteiger partial charge in [0.05, 0.1) is 0 Å². The second kappa shape index (κ2) is 9.50. The highest BCUT2D eigenvalue weighted by Crippen LogP contribution is 2.17. The molecular weight excluding hydrogens is 430 g/mol. The fourth-order valence-electron chi connectivity index (χ4n) is 2.28. The summed E-state index contributed by atoms with van der Waals surface area (Å²) in [5.41, 5.74) is 1.41. The van der Waals surface area contributed by atoms with E-state index < -0.39 is 0 Å². The summed E-state index contributed by atoms with van der Waals surface area (Å²) in [6.07, 6.45) is 2.84. The molecule has 0 aliphatic carbocycles. The van der Waals surface area contributed by atoms with Crippen molar-refractivity contribution in [2.45, 2.75) is 25.7 Å². The van der Waals surface area contributed by atoms with Crippen LogP contribution in [-0.2, 0) is 17.6 Å². The van der Waals surface area contributed by atoms with Crippen LogP contribution in [-0.4, -0.2) is 13.2 Å². The van der Waals surface area contributed by atoms with Crippen molar-refractivity contribution in [1.82, 2.24) is 0 Å².